The number of nitrogens with zero attached hydrogens (tertiary/aromatic N) is 1. The molecule has 0 aliphatic carbocycles. The van der Waals surface area contributed by atoms with E-state index in [1.54, 1.807) is 24.5 Å². The Labute approximate surface area is 112 Å². The highest BCUT2D eigenvalue weighted by Gasteiger charge is 2.10. The molecule has 2 aromatic heterocycles. The van der Waals surface area contributed by atoms with Gasteiger partial charge in [-0.15, -0.1) is 11.3 Å². The van der Waals surface area contributed by atoms with Crippen LogP contribution in [0.3, 0.4) is 0 Å². The van der Waals surface area contributed by atoms with E-state index in [9.17, 15) is 9.18 Å². The van der Waals surface area contributed by atoms with Crippen LogP contribution >= 0.6 is 11.3 Å². The first-order chi connectivity index (χ1) is 9.22. The molecule has 0 aliphatic heterocycles. The number of aromatic nitrogens is 2. The molecule has 0 atom stereocenters. The van der Waals surface area contributed by atoms with Gasteiger partial charge in [-0.25, -0.2) is 4.39 Å². The Balaban J connectivity index is 1.77. The van der Waals surface area contributed by atoms with Crippen LogP contribution in [0.2, 0.25) is 0 Å². The zero-order valence-electron chi connectivity index (χ0n) is 9.81. The van der Waals surface area contributed by atoms with Crippen molar-refractivity contribution in [1.82, 2.24) is 15.5 Å². The summed E-state index contributed by atoms with van der Waals surface area (Å²) in [4.78, 5) is 12.5. The van der Waals surface area contributed by atoms with Gasteiger partial charge in [0.05, 0.1) is 11.1 Å². The van der Waals surface area contributed by atoms with E-state index in [0.717, 1.165) is 15.6 Å². The molecule has 0 radical (unpaired) electrons. The third kappa shape index (κ3) is 2.48. The molecule has 1 amide bonds. The number of fused-ring (bicyclic) bond motifs is 1. The van der Waals surface area contributed by atoms with Crippen LogP contribution in [0.25, 0.3) is 10.1 Å². The van der Waals surface area contributed by atoms with E-state index in [-0.39, 0.29) is 11.7 Å². The summed E-state index contributed by atoms with van der Waals surface area (Å²) in [6.45, 7) is 0.415. The van der Waals surface area contributed by atoms with Crippen molar-refractivity contribution in [2.24, 2.45) is 0 Å². The third-order valence-corrected chi connectivity index (χ3v) is 3.82. The Morgan fingerprint density at radius 1 is 1.42 bits per heavy atom. The summed E-state index contributed by atoms with van der Waals surface area (Å²) in [6, 6.07) is 6.21. The average molecular weight is 275 g/mol. The number of benzene rings is 1. The van der Waals surface area contributed by atoms with Crippen molar-refractivity contribution in [2.75, 3.05) is 0 Å². The maximum Gasteiger partial charge on any atom is 0.261 e. The van der Waals surface area contributed by atoms with Crippen molar-refractivity contribution in [1.29, 1.82) is 0 Å². The molecule has 0 aliphatic rings. The molecule has 1 aromatic carbocycles. The van der Waals surface area contributed by atoms with Gasteiger partial charge in [-0.2, -0.15) is 5.10 Å². The van der Waals surface area contributed by atoms with Gasteiger partial charge in [0.1, 0.15) is 5.82 Å². The summed E-state index contributed by atoms with van der Waals surface area (Å²) in [5, 5.41) is 10.0. The molecule has 2 N–H and O–H groups in total. The second-order valence-corrected chi connectivity index (χ2v) is 5.17. The SMILES string of the molecule is O=C(NCc1cn[nH]c1)c1cc2cc(F)ccc2s1. The van der Waals surface area contributed by atoms with Crippen molar-refractivity contribution in [3.05, 3.63) is 52.9 Å². The first kappa shape index (κ1) is 11.9. The Bertz CT molecular complexity index is 721. The summed E-state index contributed by atoms with van der Waals surface area (Å²) in [5.74, 6) is -0.460. The van der Waals surface area contributed by atoms with Gasteiger partial charge in [0.25, 0.3) is 5.91 Å². The summed E-state index contributed by atoms with van der Waals surface area (Å²) in [7, 11) is 0. The van der Waals surface area contributed by atoms with Crippen LogP contribution < -0.4 is 5.32 Å². The smallest absolute Gasteiger partial charge is 0.261 e. The molecule has 0 spiro atoms. The minimum Gasteiger partial charge on any atom is -0.347 e. The summed E-state index contributed by atoms with van der Waals surface area (Å²) in [5.41, 5.74) is 0.903. The molecule has 19 heavy (non-hydrogen) atoms. The lowest BCUT2D eigenvalue weighted by atomic mass is 10.2. The average Bonchev–Trinajstić information content (AvgIpc) is 3.04. The minimum atomic E-state index is -0.296. The van der Waals surface area contributed by atoms with Gasteiger partial charge in [0.2, 0.25) is 0 Å². The number of rotatable bonds is 3. The predicted molar refractivity (Wildman–Crippen MR) is 71.5 cm³/mol. The van der Waals surface area contributed by atoms with Crippen LogP contribution in [-0.4, -0.2) is 16.1 Å². The number of thiophene rings is 1. The summed E-state index contributed by atoms with van der Waals surface area (Å²) in [6.07, 6.45) is 3.38. The van der Waals surface area contributed by atoms with Crippen LogP contribution in [0.5, 0.6) is 0 Å². The molecule has 96 valence electrons. The minimum absolute atomic E-state index is 0.164. The number of H-pyrrole nitrogens is 1. The fourth-order valence-corrected chi connectivity index (χ4v) is 2.73. The van der Waals surface area contributed by atoms with Gasteiger partial charge in [-0.05, 0) is 29.7 Å². The Morgan fingerprint density at radius 3 is 3.11 bits per heavy atom. The van der Waals surface area contributed by atoms with Crippen molar-refractivity contribution in [3.8, 4) is 0 Å². The highest BCUT2D eigenvalue weighted by Crippen LogP contribution is 2.26. The molecular weight excluding hydrogens is 265 g/mol. The molecule has 6 heteroatoms. The second kappa shape index (κ2) is 4.81. The van der Waals surface area contributed by atoms with E-state index in [1.165, 1.54) is 23.5 Å². The zero-order valence-corrected chi connectivity index (χ0v) is 10.6. The van der Waals surface area contributed by atoms with E-state index in [1.807, 2.05) is 0 Å². The molecule has 0 unspecified atom stereocenters. The summed E-state index contributed by atoms with van der Waals surface area (Å²) >= 11 is 1.35. The van der Waals surface area contributed by atoms with E-state index in [0.29, 0.717) is 11.4 Å². The number of aromatic amines is 1. The van der Waals surface area contributed by atoms with E-state index >= 15 is 0 Å². The van der Waals surface area contributed by atoms with Crippen molar-refractivity contribution >= 4 is 27.3 Å². The van der Waals surface area contributed by atoms with Crippen molar-refractivity contribution in [2.45, 2.75) is 6.54 Å². The molecule has 4 nitrogen and oxygen atoms in total. The normalized spacial score (nSPS) is 10.8. The molecular formula is C13H10FN3OS. The number of nitrogens with one attached hydrogen (secondary N) is 2. The summed E-state index contributed by atoms with van der Waals surface area (Å²) < 4.78 is 14.0. The van der Waals surface area contributed by atoms with Crippen LogP contribution in [-0.2, 0) is 6.54 Å². The number of carbonyl (C=O) groups excluding carboxylic acids is 1. The lowest BCUT2D eigenvalue weighted by Crippen LogP contribution is -2.21. The van der Waals surface area contributed by atoms with Crippen molar-refractivity contribution < 1.29 is 9.18 Å². The van der Waals surface area contributed by atoms with Gasteiger partial charge in [0, 0.05) is 23.0 Å². The molecule has 0 fully saturated rings. The largest absolute Gasteiger partial charge is 0.347 e. The highest BCUT2D eigenvalue weighted by molar-refractivity contribution is 7.20. The second-order valence-electron chi connectivity index (χ2n) is 4.08. The van der Waals surface area contributed by atoms with E-state index < -0.39 is 0 Å². The maximum atomic E-state index is 13.1. The van der Waals surface area contributed by atoms with Crippen molar-refractivity contribution in [3.63, 3.8) is 0 Å². The van der Waals surface area contributed by atoms with Gasteiger partial charge < -0.3 is 5.32 Å². The number of hydrogen-bond donors (Lipinski definition) is 2. The molecule has 0 saturated carbocycles. The lowest BCUT2D eigenvalue weighted by Gasteiger charge is -1.99. The standard InChI is InChI=1S/C13H10FN3OS/c14-10-1-2-11-9(3-10)4-12(19-11)13(18)15-5-8-6-16-17-7-8/h1-4,6-7H,5H2,(H,15,18)(H,16,17). The Morgan fingerprint density at radius 2 is 2.32 bits per heavy atom. The molecule has 3 rings (SSSR count). The quantitative estimate of drug-likeness (QED) is 0.772. The third-order valence-electron chi connectivity index (χ3n) is 2.71. The zero-order chi connectivity index (χ0) is 13.2. The van der Waals surface area contributed by atoms with Crippen LogP contribution in [0.15, 0.2) is 36.7 Å². The maximum absolute atomic E-state index is 13.1. The first-order valence-electron chi connectivity index (χ1n) is 5.67. The Kier molecular flexibility index (Phi) is 3.00. The van der Waals surface area contributed by atoms with Gasteiger partial charge >= 0.3 is 0 Å². The molecule has 3 aromatic rings. The van der Waals surface area contributed by atoms with Gasteiger partial charge in [0.15, 0.2) is 0 Å². The monoisotopic (exact) mass is 275 g/mol. The lowest BCUT2D eigenvalue weighted by molar-refractivity contribution is 0.0955. The van der Waals surface area contributed by atoms with E-state index in [4.69, 9.17) is 0 Å². The highest BCUT2D eigenvalue weighted by atomic mass is 32.1. The topological polar surface area (TPSA) is 57.8 Å². The molecule has 0 saturated heterocycles. The predicted octanol–water partition coefficient (Wildman–Crippen LogP) is 2.69. The Hall–Kier alpha value is -2.21. The number of amides is 1. The van der Waals surface area contributed by atoms with Crippen LogP contribution in [0.4, 0.5) is 4.39 Å². The van der Waals surface area contributed by atoms with Gasteiger partial charge in [-0.1, -0.05) is 0 Å². The molecule has 0 bridgehead atoms. The first-order valence-corrected chi connectivity index (χ1v) is 6.49. The van der Waals surface area contributed by atoms with E-state index in [2.05, 4.69) is 15.5 Å². The number of halogens is 1. The fourth-order valence-electron chi connectivity index (χ4n) is 1.77. The van der Waals surface area contributed by atoms with Crippen LogP contribution in [0.1, 0.15) is 15.2 Å². The number of hydrogen-bond acceptors (Lipinski definition) is 3. The number of carbonyl (C=O) groups is 1. The molecule has 2 heterocycles. The van der Waals surface area contributed by atoms with Gasteiger partial charge in [-0.3, -0.25) is 9.89 Å². The fraction of sp³-hybridized carbons (Fsp3) is 0.0769. The van der Waals surface area contributed by atoms with Crippen LogP contribution in [0, 0.1) is 5.82 Å².